The topological polar surface area (TPSA) is 52.7 Å². The molecular weight excluding hydrogens is 382 g/mol. The maximum Gasteiger partial charge on any atom is 0.263 e. The van der Waals surface area contributed by atoms with Crippen LogP contribution in [0.4, 0.5) is 0 Å². The Morgan fingerprint density at radius 3 is 2.66 bits per heavy atom. The predicted octanol–water partition coefficient (Wildman–Crippen LogP) is 3.55. The monoisotopic (exact) mass is 411 g/mol. The van der Waals surface area contributed by atoms with E-state index in [0.717, 1.165) is 43.8 Å². The first-order valence-corrected chi connectivity index (χ1v) is 11.4. The van der Waals surface area contributed by atoms with Gasteiger partial charge in [0.05, 0.1) is 10.8 Å². The molecule has 6 heteroatoms. The second-order valence-corrected chi connectivity index (χ2v) is 9.09. The number of likely N-dealkylation sites (tertiary alicyclic amines) is 2. The summed E-state index contributed by atoms with van der Waals surface area (Å²) >= 11 is 1.46. The lowest BCUT2D eigenvalue weighted by molar-refractivity contribution is -0.127. The lowest BCUT2D eigenvalue weighted by atomic mass is 9.96. The highest BCUT2D eigenvalue weighted by molar-refractivity contribution is 7.12. The third kappa shape index (κ3) is 4.70. The molecule has 0 aliphatic carbocycles. The van der Waals surface area contributed by atoms with Crippen molar-refractivity contribution >= 4 is 23.2 Å². The van der Waals surface area contributed by atoms with E-state index in [1.165, 1.54) is 16.9 Å². The molecule has 0 bridgehead atoms. The van der Waals surface area contributed by atoms with Crippen molar-refractivity contribution in [3.8, 4) is 0 Å². The van der Waals surface area contributed by atoms with Gasteiger partial charge in [-0.2, -0.15) is 0 Å². The van der Waals surface area contributed by atoms with Crippen molar-refractivity contribution in [1.29, 1.82) is 0 Å². The summed E-state index contributed by atoms with van der Waals surface area (Å²) in [5, 5.41) is 5.18. The Morgan fingerprint density at radius 2 is 1.90 bits per heavy atom. The highest BCUT2D eigenvalue weighted by Crippen LogP contribution is 2.25. The highest BCUT2D eigenvalue weighted by Gasteiger charge is 2.32. The second-order valence-electron chi connectivity index (χ2n) is 8.14. The zero-order chi connectivity index (χ0) is 20.2. The summed E-state index contributed by atoms with van der Waals surface area (Å²) in [6.45, 7) is 5.38. The maximum atomic E-state index is 12.9. The third-order valence-electron chi connectivity index (χ3n) is 6.21. The minimum atomic E-state index is -0.103. The summed E-state index contributed by atoms with van der Waals surface area (Å²) in [7, 11) is 0. The summed E-state index contributed by atoms with van der Waals surface area (Å²) in [5.74, 6) is 0.0578. The van der Waals surface area contributed by atoms with E-state index < -0.39 is 0 Å². The largest absolute Gasteiger partial charge is 0.352 e. The van der Waals surface area contributed by atoms with E-state index >= 15 is 0 Å². The first-order chi connectivity index (χ1) is 14.1. The van der Waals surface area contributed by atoms with Crippen molar-refractivity contribution in [1.82, 2.24) is 15.1 Å². The lowest BCUT2D eigenvalue weighted by Crippen LogP contribution is -2.48. The SMILES string of the molecule is CC(c1ccccc1)N1CCC(NC(=O)C2CCCN(C(=O)c3cccs3)C2)C1. The normalized spacial score (nSPS) is 23.7. The van der Waals surface area contributed by atoms with Gasteiger partial charge in [-0.1, -0.05) is 36.4 Å². The van der Waals surface area contributed by atoms with Crippen LogP contribution >= 0.6 is 11.3 Å². The zero-order valence-electron chi connectivity index (χ0n) is 16.9. The van der Waals surface area contributed by atoms with Crippen LogP contribution in [0, 0.1) is 5.92 Å². The molecule has 3 atom stereocenters. The van der Waals surface area contributed by atoms with E-state index in [0.29, 0.717) is 12.6 Å². The Bertz CT molecular complexity index is 824. The molecule has 29 heavy (non-hydrogen) atoms. The average molecular weight is 412 g/mol. The molecule has 3 unspecified atom stereocenters. The van der Waals surface area contributed by atoms with Crippen LogP contribution in [0.1, 0.15) is 47.5 Å². The number of nitrogens with zero attached hydrogens (tertiary/aromatic N) is 2. The average Bonchev–Trinajstić information content (AvgIpc) is 3.46. The Balaban J connectivity index is 1.30. The molecule has 5 nitrogen and oxygen atoms in total. The highest BCUT2D eigenvalue weighted by atomic mass is 32.1. The van der Waals surface area contributed by atoms with Gasteiger partial charge in [0.25, 0.3) is 5.91 Å². The van der Waals surface area contributed by atoms with Gasteiger partial charge in [-0.15, -0.1) is 11.3 Å². The van der Waals surface area contributed by atoms with Crippen LogP contribution in [0.3, 0.4) is 0 Å². The van der Waals surface area contributed by atoms with Gasteiger partial charge in [-0.05, 0) is 43.2 Å². The first-order valence-electron chi connectivity index (χ1n) is 10.5. The van der Waals surface area contributed by atoms with Crippen molar-refractivity contribution in [3.05, 3.63) is 58.3 Å². The van der Waals surface area contributed by atoms with E-state index in [1.54, 1.807) is 0 Å². The van der Waals surface area contributed by atoms with E-state index in [2.05, 4.69) is 41.4 Å². The molecule has 2 aliphatic rings. The van der Waals surface area contributed by atoms with Crippen molar-refractivity contribution in [3.63, 3.8) is 0 Å². The zero-order valence-corrected chi connectivity index (χ0v) is 17.7. The van der Waals surface area contributed by atoms with Gasteiger partial charge >= 0.3 is 0 Å². The molecule has 2 aromatic rings. The summed E-state index contributed by atoms with van der Waals surface area (Å²) < 4.78 is 0. The molecule has 2 aliphatic heterocycles. The first kappa shape index (κ1) is 20.1. The molecule has 1 aromatic carbocycles. The van der Waals surface area contributed by atoms with Crippen LogP contribution in [0.15, 0.2) is 47.8 Å². The molecule has 1 N–H and O–H groups in total. The smallest absolute Gasteiger partial charge is 0.263 e. The van der Waals surface area contributed by atoms with E-state index in [-0.39, 0.29) is 23.8 Å². The van der Waals surface area contributed by atoms with Crippen molar-refractivity contribution in [2.75, 3.05) is 26.2 Å². The molecule has 2 saturated heterocycles. The fourth-order valence-corrected chi connectivity index (χ4v) is 5.14. The number of nitrogens with one attached hydrogen (secondary N) is 1. The summed E-state index contributed by atoms with van der Waals surface area (Å²) in [4.78, 5) is 30.6. The van der Waals surface area contributed by atoms with E-state index in [9.17, 15) is 9.59 Å². The fraction of sp³-hybridized carbons (Fsp3) is 0.478. The Hall–Kier alpha value is -2.18. The standard InChI is InChI=1S/C23H29N3O2S/c1-17(18-7-3-2-4-8-18)25-13-11-20(16-25)24-22(27)19-9-5-12-26(15-19)23(28)21-10-6-14-29-21/h2-4,6-8,10,14,17,19-20H,5,9,11-13,15-16H2,1H3,(H,24,27). The summed E-state index contributed by atoms with van der Waals surface area (Å²) in [5.41, 5.74) is 1.31. The molecule has 154 valence electrons. The molecule has 4 rings (SSSR count). The number of hydrogen-bond acceptors (Lipinski definition) is 4. The molecule has 0 spiro atoms. The van der Waals surface area contributed by atoms with Gasteiger partial charge in [-0.3, -0.25) is 14.5 Å². The van der Waals surface area contributed by atoms with E-state index in [4.69, 9.17) is 0 Å². The lowest BCUT2D eigenvalue weighted by Gasteiger charge is -2.32. The maximum absolute atomic E-state index is 12.9. The second kappa shape index (κ2) is 9.09. The van der Waals surface area contributed by atoms with Gasteiger partial charge in [-0.25, -0.2) is 0 Å². The Kier molecular flexibility index (Phi) is 6.31. The minimum Gasteiger partial charge on any atom is -0.352 e. The van der Waals surface area contributed by atoms with E-state index in [1.807, 2.05) is 28.5 Å². The number of carbonyl (C=O) groups excluding carboxylic acids is 2. The number of hydrogen-bond donors (Lipinski definition) is 1. The van der Waals surface area contributed by atoms with Gasteiger partial charge in [0.2, 0.25) is 5.91 Å². The number of thiophene rings is 1. The van der Waals surface area contributed by atoms with Crippen molar-refractivity contribution < 1.29 is 9.59 Å². The fourth-order valence-electron chi connectivity index (χ4n) is 4.45. The Morgan fingerprint density at radius 1 is 1.07 bits per heavy atom. The van der Waals surface area contributed by atoms with Crippen LogP contribution in [-0.4, -0.2) is 53.8 Å². The minimum absolute atomic E-state index is 0.0567. The van der Waals surface area contributed by atoms with Crippen LogP contribution in [0.25, 0.3) is 0 Å². The molecule has 0 saturated carbocycles. The molecule has 2 fully saturated rings. The number of amides is 2. The molecule has 0 radical (unpaired) electrons. The van der Waals surface area contributed by atoms with Crippen molar-refractivity contribution in [2.45, 2.75) is 38.3 Å². The van der Waals surface area contributed by atoms with Gasteiger partial charge in [0.15, 0.2) is 0 Å². The van der Waals surface area contributed by atoms with Crippen LogP contribution < -0.4 is 5.32 Å². The van der Waals surface area contributed by atoms with Crippen molar-refractivity contribution in [2.24, 2.45) is 5.92 Å². The van der Waals surface area contributed by atoms with Gasteiger partial charge in [0.1, 0.15) is 0 Å². The molecular formula is C23H29N3O2S. The number of rotatable bonds is 5. The summed E-state index contributed by atoms with van der Waals surface area (Å²) in [6.07, 6.45) is 2.72. The van der Waals surface area contributed by atoms with Crippen LogP contribution in [-0.2, 0) is 4.79 Å². The molecule has 3 heterocycles. The molecule has 1 aromatic heterocycles. The molecule has 2 amide bonds. The number of carbonyl (C=O) groups is 2. The Labute approximate surface area is 176 Å². The van der Waals surface area contributed by atoms with Gasteiger partial charge in [0, 0.05) is 38.3 Å². The van der Waals surface area contributed by atoms with Crippen LogP contribution in [0.2, 0.25) is 0 Å². The third-order valence-corrected chi connectivity index (χ3v) is 7.06. The van der Waals surface area contributed by atoms with Gasteiger partial charge < -0.3 is 10.2 Å². The summed E-state index contributed by atoms with van der Waals surface area (Å²) in [6, 6.07) is 14.8. The number of benzene rings is 1. The number of piperidine rings is 1. The predicted molar refractivity (Wildman–Crippen MR) is 116 cm³/mol. The van der Waals surface area contributed by atoms with Crippen LogP contribution in [0.5, 0.6) is 0 Å². The quantitative estimate of drug-likeness (QED) is 0.819.